The molecule has 2 aromatic rings. The minimum atomic E-state index is -4.79. The maximum absolute atomic E-state index is 12.8. The molecule has 2 atom stereocenters. The number of carbonyl (C=O) groups is 1. The topological polar surface area (TPSA) is 89.9 Å². The second-order valence-electron chi connectivity index (χ2n) is 7.42. The van der Waals surface area contributed by atoms with Crippen LogP contribution in [0.1, 0.15) is 36.0 Å². The van der Waals surface area contributed by atoms with Crippen molar-refractivity contribution >= 4 is 5.91 Å². The van der Waals surface area contributed by atoms with Gasteiger partial charge in [0.2, 0.25) is 5.88 Å². The third-order valence-electron chi connectivity index (χ3n) is 5.08. The van der Waals surface area contributed by atoms with Crippen LogP contribution in [-0.2, 0) is 4.74 Å². The molecule has 2 N–H and O–H groups in total. The Balaban J connectivity index is 1.85. The minimum Gasteiger partial charge on any atom is -0.475 e. The summed E-state index contributed by atoms with van der Waals surface area (Å²) in [6.45, 7) is 0.507. The summed E-state index contributed by atoms with van der Waals surface area (Å²) in [7, 11) is 1.52. The number of hydrogen-bond donors (Lipinski definition) is 2. The van der Waals surface area contributed by atoms with Crippen molar-refractivity contribution in [3.05, 3.63) is 42.1 Å². The summed E-state index contributed by atoms with van der Waals surface area (Å²) in [5, 5.41) is 12.9. The molecular formula is C22H25F3N2O5. The molecule has 174 valence electrons. The molecule has 7 nitrogen and oxygen atoms in total. The van der Waals surface area contributed by atoms with Crippen molar-refractivity contribution in [1.29, 1.82) is 0 Å². The Kier molecular flexibility index (Phi) is 7.92. The number of carbonyl (C=O) groups excluding carboxylic acids is 1. The molecule has 1 saturated carbocycles. The second kappa shape index (κ2) is 10.6. The number of amides is 1. The van der Waals surface area contributed by atoms with E-state index in [0.29, 0.717) is 30.6 Å². The van der Waals surface area contributed by atoms with E-state index in [4.69, 9.17) is 9.47 Å². The van der Waals surface area contributed by atoms with E-state index in [-0.39, 0.29) is 29.8 Å². The number of nitrogens with zero attached hydrogens (tertiary/aromatic N) is 1. The van der Waals surface area contributed by atoms with Gasteiger partial charge in [-0.2, -0.15) is 0 Å². The molecule has 1 aliphatic rings. The highest BCUT2D eigenvalue weighted by Crippen LogP contribution is 2.32. The molecule has 1 amide bonds. The van der Waals surface area contributed by atoms with Gasteiger partial charge in [0.15, 0.2) is 0 Å². The number of aromatic nitrogens is 1. The molecule has 1 aromatic carbocycles. The van der Waals surface area contributed by atoms with E-state index in [0.717, 1.165) is 12.8 Å². The lowest BCUT2D eigenvalue weighted by molar-refractivity contribution is -0.274. The summed E-state index contributed by atoms with van der Waals surface area (Å²) < 4.78 is 51.8. The number of nitrogens with one attached hydrogen (secondary N) is 1. The van der Waals surface area contributed by atoms with Crippen LogP contribution in [0.15, 0.2) is 36.5 Å². The average Bonchev–Trinajstić information content (AvgIpc) is 2.75. The van der Waals surface area contributed by atoms with Crippen LogP contribution < -0.4 is 14.8 Å². The molecule has 10 heteroatoms. The van der Waals surface area contributed by atoms with E-state index >= 15 is 0 Å². The predicted octanol–water partition coefficient (Wildman–Crippen LogP) is 3.71. The summed E-state index contributed by atoms with van der Waals surface area (Å²) in [4.78, 5) is 17.0. The molecule has 0 radical (unpaired) electrons. The quantitative estimate of drug-likeness (QED) is 0.592. The SMILES string of the molecule is COCCOc1ncc(C(=O)N[C@H]2CCCC[C@@H]2O)cc1-c1ccc(OC(F)(F)F)cc1. The van der Waals surface area contributed by atoms with Crippen LogP contribution in [0.4, 0.5) is 13.2 Å². The highest BCUT2D eigenvalue weighted by Gasteiger charge is 2.31. The number of ether oxygens (including phenoxy) is 3. The van der Waals surface area contributed by atoms with E-state index in [2.05, 4.69) is 15.0 Å². The Morgan fingerprint density at radius 2 is 1.91 bits per heavy atom. The molecule has 1 aromatic heterocycles. The lowest BCUT2D eigenvalue weighted by Gasteiger charge is -2.28. The fourth-order valence-corrected chi connectivity index (χ4v) is 3.49. The Bertz CT molecular complexity index is 905. The van der Waals surface area contributed by atoms with Crippen molar-refractivity contribution < 1.29 is 37.3 Å². The largest absolute Gasteiger partial charge is 0.573 e. The molecule has 0 saturated heterocycles. The lowest BCUT2D eigenvalue weighted by atomic mass is 9.92. The fraction of sp³-hybridized carbons (Fsp3) is 0.455. The van der Waals surface area contributed by atoms with Gasteiger partial charge >= 0.3 is 6.36 Å². The number of aliphatic hydroxyl groups excluding tert-OH is 1. The van der Waals surface area contributed by atoms with E-state index in [1.54, 1.807) is 6.07 Å². The first-order valence-corrected chi connectivity index (χ1v) is 10.2. The number of halogens is 3. The molecule has 0 aliphatic heterocycles. The van der Waals surface area contributed by atoms with Crippen molar-refractivity contribution in [1.82, 2.24) is 10.3 Å². The third-order valence-corrected chi connectivity index (χ3v) is 5.08. The average molecular weight is 454 g/mol. The zero-order valence-electron chi connectivity index (χ0n) is 17.5. The maximum Gasteiger partial charge on any atom is 0.573 e. The molecule has 1 aliphatic carbocycles. The van der Waals surface area contributed by atoms with Crippen molar-refractivity contribution in [2.75, 3.05) is 20.3 Å². The van der Waals surface area contributed by atoms with Gasteiger partial charge in [-0.25, -0.2) is 4.98 Å². The van der Waals surface area contributed by atoms with Gasteiger partial charge in [-0.3, -0.25) is 4.79 Å². The Hall–Kier alpha value is -2.85. The third kappa shape index (κ3) is 6.57. The molecule has 0 spiro atoms. The number of methoxy groups -OCH3 is 1. The van der Waals surface area contributed by atoms with Gasteiger partial charge in [-0.15, -0.1) is 13.2 Å². The van der Waals surface area contributed by atoms with E-state index in [1.165, 1.54) is 37.6 Å². The van der Waals surface area contributed by atoms with Crippen LogP contribution in [0, 0.1) is 0 Å². The highest BCUT2D eigenvalue weighted by molar-refractivity contribution is 5.95. The van der Waals surface area contributed by atoms with Gasteiger partial charge in [0.25, 0.3) is 5.91 Å². The zero-order chi connectivity index (χ0) is 23.1. The standard InChI is InChI=1S/C22H25F3N2O5/c1-30-10-11-31-21-17(14-6-8-16(9-7-14)32-22(23,24)25)12-15(13-26-21)20(29)27-18-4-2-3-5-19(18)28/h6-9,12-13,18-19,28H,2-5,10-11H2,1H3,(H,27,29)/t18-,19-/m0/s1. The Morgan fingerprint density at radius 3 is 2.56 bits per heavy atom. The normalized spacial score (nSPS) is 18.8. The van der Waals surface area contributed by atoms with Crippen molar-refractivity contribution in [2.24, 2.45) is 0 Å². The summed E-state index contributed by atoms with van der Waals surface area (Å²) in [6.07, 6.45) is -0.876. The van der Waals surface area contributed by atoms with E-state index in [9.17, 15) is 23.1 Å². The van der Waals surface area contributed by atoms with Crippen LogP contribution in [0.2, 0.25) is 0 Å². The second-order valence-corrected chi connectivity index (χ2v) is 7.42. The molecule has 0 bridgehead atoms. The number of benzene rings is 1. The molecule has 3 rings (SSSR count). The van der Waals surface area contributed by atoms with Crippen molar-refractivity contribution in [3.63, 3.8) is 0 Å². The summed E-state index contributed by atoms with van der Waals surface area (Å²) in [5.41, 5.74) is 1.16. The predicted molar refractivity (Wildman–Crippen MR) is 109 cm³/mol. The van der Waals surface area contributed by atoms with Crippen LogP contribution >= 0.6 is 0 Å². The van der Waals surface area contributed by atoms with Gasteiger partial charge in [-0.05, 0) is 36.6 Å². The number of rotatable bonds is 8. The number of alkyl halides is 3. The zero-order valence-corrected chi connectivity index (χ0v) is 17.5. The monoisotopic (exact) mass is 454 g/mol. The highest BCUT2D eigenvalue weighted by atomic mass is 19.4. The van der Waals surface area contributed by atoms with E-state index in [1.807, 2.05) is 0 Å². The molecular weight excluding hydrogens is 429 g/mol. The van der Waals surface area contributed by atoms with Crippen LogP contribution in [-0.4, -0.2) is 54.8 Å². The van der Waals surface area contributed by atoms with Crippen molar-refractivity contribution in [2.45, 2.75) is 44.2 Å². The van der Waals surface area contributed by atoms with Crippen LogP contribution in [0.25, 0.3) is 11.1 Å². The molecule has 32 heavy (non-hydrogen) atoms. The number of aliphatic hydroxyl groups is 1. The van der Waals surface area contributed by atoms with E-state index < -0.39 is 18.4 Å². The Labute approximate surface area is 183 Å². The molecule has 1 heterocycles. The number of hydrogen-bond acceptors (Lipinski definition) is 6. The lowest BCUT2D eigenvalue weighted by Crippen LogP contribution is -2.45. The number of pyridine rings is 1. The Morgan fingerprint density at radius 1 is 1.19 bits per heavy atom. The van der Waals surface area contributed by atoms with Gasteiger partial charge in [0.05, 0.1) is 24.3 Å². The first-order chi connectivity index (χ1) is 15.3. The first kappa shape index (κ1) is 23.8. The maximum atomic E-state index is 12.8. The summed E-state index contributed by atoms with van der Waals surface area (Å²) in [6, 6.07) is 6.41. The summed E-state index contributed by atoms with van der Waals surface area (Å²) >= 11 is 0. The van der Waals surface area contributed by atoms with Crippen LogP contribution in [0.5, 0.6) is 11.6 Å². The smallest absolute Gasteiger partial charge is 0.475 e. The van der Waals surface area contributed by atoms with Crippen molar-refractivity contribution in [3.8, 4) is 22.8 Å². The molecule has 0 unspecified atom stereocenters. The molecule has 1 fully saturated rings. The summed E-state index contributed by atoms with van der Waals surface area (Å²) in [5.74, 6) is -0.554. The van der Waals surface area contributed by atoms with Gasteiger partial charge in [0, 0.05) is 18.9 Å². The minimum absolute atomic E-state index is 0.200. The fourth-order valence-electron chi connectivity index (χ4n) is 3.49. The van der Waals surface area contributed by atoms with Gasteiger partial charge < -0.3 is 24.6 Å². The first-order valence-electron chi connectivity index (χ1n) is 10.2. The van der Waals surface area contributed by atoms with Gasteiger partial charge in [0.1, 0.15) is 12.4 Å². The van der Waals surface area contributed by atoms with Crippen LogP contribution in [0.3, 0.4) is 0 Å². The van der Waals surface area contributed by atoms with Gasteiger partial charge in [-0.1, -0.05) is 25.0 Å².